The van der Waals surface area contributed by atoms with Gasteiger partial charge in [-0.05, 0) is 49.6 Å². The summed E-state index contributed by atoms with van der Waals surface area (Å²) in [6.45, 7) is 1.80. The highest BCUT2D eigenvalue weighted by molar-refractivity contribution is 6.29. The minimum absolute atomic E-state index is 0.0705. The summed E-state index contributed by atoms with van der Waals surface area (Å²) in [4.78, 5) is 25.1. The van der Waals surface area contributed by atoms with E-state index < -0.39 is 17.8 Å². The van der Waals surface area contributed by atoms with Crippen LogP contribution in [0, 0.1) is 5.82 Å². The molecule has 3 heterocycles. The lowest BCUT2D eigenvalue weighted by molar-refractivity contribution is 0.0691. The number of nitrogens with one attached hydrogen (secondary N) is 1. The van der Waals surface area contributed by atoms with Gasteiger partial charge in [0, 0.05) is 30.4 Å². The second-order valence-electron chi connectivity index (χ2n) is 8.20. The van der Waals surface area contributed by atoms with Crippen molar-refractivity contribution in [3.8, 4) is 0 Å². The number of carbonyl (C=O) groups is 1. The Kier molecular flexibility index (Phi) is 5.49. The Labute approximate surface area is 199 Å². The lowest BCUT2D eigenvalue weighted by Gasteiger charge is -2.19. The van der Waals surface area contributed by atoms with Gasteiger partial charge in [0.25, 0.3) is 0 Å². The second-order valence-corrected chi connectivity index (χ2v) is 8.59. The van der Waals surface area contributed by atoms with Crippen molar-refractivity contribution < 1.29 is 14.3 Å². The van der Waals surface area contributed by atoms with Crippen LogP contribution in [-0.2, 0) is 13.5 Å². The van der Waals surface area contributed by atoms with Crippen molar-refractivity contribution in [3.63, 3.8) is 0 Å². The van der Waals surface area contributed by atoms with Gasteiger partial charge >= 0.3 is 5.97 Å². The summed E-state index contributed by atoms with van der Waals surface area (Å²) in [6.07, 6.45) is 7.26. The first-order valence-corrected chi connectivity index (χ1v) is 11.0. The molecule has 34 heavy (non-hydrogen) atoms. The molecule has 0 aliphatic heterocycles. The number of aromatic nitrogens is 5. The van der Waals surface area contributed by atoms with Crippen LogP contribution in [0.1, 0.15) is 52.4 Å². The number of aromatic carboxylic acids is 1. The SMILES string of the molecule is C[C@@H](Nc1ccc(Cl)nc1C(=O)O)c1cc(F)cc2nc3c(nc12)C(=Cc1cnn(C)c1)CC3. The summed E-state index contributed by atoms with van der Waals surface area (Å²) in [7, 11) is 1.86. The van der Waals surface area contributed by atoms with Crippen molar-refractivity contribution in [1.29, 1.82) is 0 Å². The van der Waals surface area contributed by atoms with E-state index in [1.807, 2.05) is 19.3 Å². The van der Waals surface area contributed by atoms with Gasteiger partial charge in [-0.2, -0.15) is 5.10 Å². The van der Waals surface area contributed by atoms with E-state index in [-0.39, 0.29) is 16.5 Å². The predicted molar refractivity (Wildman–Crippen MR) is 127 cm³/mol. The number of benzene rings is 1. The van der Waals surface area contributed by atoms with Crippen LogP contribution in [0.25, 0.3) is 22.7 Å². The Balaban J connectivity index is 1.58. The standard InChI is InChI=1S/C24H20ClFN6O2/c1-12(28-18-5-6-20(25)30-23(18)24(33)34)16-8-15(26)9-19-22(16)31-21-14(3-4-17(21)29-19)7-13-10-27-32(2)11-13/h5-12,28H,3-4H2,1-2H3,(H,33,34)/t12-/m1/s1. The van der Waals surface area contributed by atoms with E-state index in [9.17, 15) is 14.3 Å². The van der Waals surface area contributed by atoms with Gasteiger partial charge in [0.15, 0.2) is 5.69 Å². The summed E-state index contributed by atoms with van der Waals surface area (Å²) in [6, 6.07) is 5.31. The van der Waals surface area contributed by atoms with Crippen molar-refractivity contribution in [3.05, 3.63) is 75.8 Å². The van der Waals surface area contributed by atoms with Crippen LogP contribution in [0.2, 0.25) is 5.15 Å². The number of fused-ring (bicyclic) bond motifs is 2. The maximum atomic E-state index is 14.5. The van der Waals surface area contributed by atoms with Crippen LogP contribution < -0.4 is 5.32 Å². The lowest BCUT2D eigenvalue weighted by Crippen LogP contribution is -2.13. The molecule has 2 N–H and O–H groups in total. The molecule has 10 heteroatoms. The van der Waals surface area contributed by atoms with Gasteiger partial charge in [0.1, 0.15) is 11.0 Å². The van der Waals surface area contributed by atoms with Gasteiger partial charge in [0.2, 0.25) is 0 Å². The average Bonchev–Trinajstić information content (AvgIpc) is 3.38. The summed E-state index contributed by atoms with van der Waals surface area (Å²) in [5.41, 5.74) is 5.26. The van der Waals surface area contributed by atoms with Crippen molar-refractivity contribution in [2.45, 2.75) is 25.8 Å². The summed E-state index contributed by atoms with van der Waals surface area (Å²) in [5, 5.41) is 16.9. The third-order valence-electron chi connectivity index (χ3n) is 5.74. The largest absolute Gasteiger partial charge is 0.476 e. The molecule has 8 nitrogen and oxygen atoms in total. The average molecular weight is 479 g/mol. The molecule has 0 saturated carbocycles. The molecule has 0 bridgehead atoms. The second kappa shape index (κ2) is 8.49. The molecule has 1 aliphatic carbocycles. The van der Waals surface area contributed by atoms with Crippen LogP contribution in [0.4, 0.5) is 10.1 Å². The van der Waals surface area contributed by atoms with Crippen molar-refractivity contribution in [2.24, 2.45) is 7.05 Å². The Morgan fingerprint density at radius 2 is 2.09 bits per heavy atom. The number of hydrogen-bond donors (Lipinski definition) is 2. The maximum absolute atomic E-state index is 14.5. The molecule has 0 unspecified atom stereocenters. The summed E-state index contributed by atoms with van der Waals surface area (Å²) < 4.78 is 16.3. The Hall–Kier alpha value is -3.85. The van der Waals surface area contributed by atoms with Gasteiger partial charge < -0.3 is 10.4 Å². The molecule has 1 aromatic carbocycles. The van der Waals surface area contributed by atoms with Crippen molar-refractivity contribution >= 4 is 45.9 Å². The molecule has 0 amide bonds. The van der Waals surface area contributed by atoms with E-state index in [2.05, 4.69) is 15.4 Å². The molecular formula is C24H20ClFN6O2. The normalized spacial score (nSPS) is 15.0. The van der Waals surface area contributed by atoms with Crippen LogP contribution in [0.3, 0.4) is 0 Å². The first-order chi connectivity index (χ1) is 16.3. The number of anilines is 1. The third-order valence-corrected chi connectivity index (χ3v) is 5.95. The molecule has 0 spiro atoms. The molecule has 0 radical (unpaired) electrons. The number of carboxylic acids is 1. The first-order valence-electron chi connectivity index (χ1n) is 10.6. The van der Waals surface area contributed by atoms with Crippen LogP contribution in [0.5, 0.6) is 0 Å². The van der Waals surface area contributed by atoms with Crippen molar-refractivity contribution in [2.75, 3.05) is 5.32 Å². The Morgan fingerprint density at radius 3 is 2.82 bits per heavy atom. The molecular weight excluding hydrogens is 459 g/mol. The van der Waals surface area contributed by atoms with Gasteiger partial charge in [-0.1, -0.05) is 11.6 Å². The van der Waals surface area contributed by atoms with Gasteiger partial charge in [-0.15, -0.1) is 0 Å². The lowest BCUT2D eigenvalue weighted by atomic mass is 10.0. The summed E-state index contributed by atoms with van der Waals surface area (Å²) >= 11 is 5.86. The fourth-order valence-corrected chi connectivity index (χ4v) is 4.35. The fourth-order valence-electron chi connectivity index (χ4n) is 4.20. The smallest absolute Gasteiger partial charge is 0.356 e. The van der Waals surface area contributed by atoms with E-state index in [1.165, 1.54) is 24.3 Å². The fraction of sp³-hybridized carbons (Fsp3) is 0.208. The van der Waals surface area contributed by atoms with E-state index >= 15 is 0 Å². The molecule has 1 aliphatic rings. The molecule has 1 atom stereocenters. The van der Waals surface area contributed by atoms with E-state index in [1.54, 1.807) is 17.8 Å². The molecule has 0 saturated heterocycles. The third kappa shape index (κ3) is 4.10. The minimum Gasteiger partial charge on any atom is -0.476 e. The first kappa shape index (κ1) is 22.0. The Bertz CT molecular complexity index is 1480. The maximum Gasteiger partial charge on any atom is 0.356 e. The van der Waals surface area contributed by atoms with Gasteiger partial charge in [0.05, 0.1) is 40.3 Å². The Morgan fingerprint density at radius 1 is 1.26 bits per heavy atom. The topological polar surface area (TPSA) is 106 Å². The van der Waals surface area contributed by atoms with E-state index in [0.717, 1.165) is 35.4 Å². The molecule has 4 aromatic rings. The number of aryl methyl sites for hydroxylation is 2. The van der Waals surface area contributed by atoms with E-state index in [4.69, 9.17) is 21.6 Å². The zero-order valence-corrected chi connectivity index (χ0v) is 19.1. The molecule has 5 rings (SSSR count). The van der Waals surface area contributed by atoms with E-state index in [0.29, 0.717) is 16.6 Å². The van der Waals surface area contributed by atoms with Crippen LogP contribution in [-0.4, -0.2) is 35.8 Å². The monoisotopic (exact) mass is 478 g/mol. The number of hydrogen-bond acceptors (Lipinski definition) is 6. The van der Waals surface area contributed by atoms with Crippen molar-refractivity contribution in [1.82, 2.24) is 24.7 Å². The number of halogens is 2. The number of nitrogens with zero attached hydrogens (tertiary/aromatic N) is 5. The zero-order valence-electron chi connectivity index (χ0n) is 18.4. The highest BCUT2D eigenvalue weighted by atomic mass is 35.5. The molecule has 172 valence electrons. The van der Waals surface area contributed by atoms with Gasteiger partial charge in [-0.3, -0.25) is 4.68 Å². The number of pyridine rings is 1. The van der Waals surface area contributed by atoms with Crippen LogP contribution >= 0.6 is 11.6 Å². The summed E-state index contributed by atoms with van der Waals surface area (Å²) in [5.74, 6) is -1.66. The zero-order chi connectivity index (χ0) is 24.0. The minimum atomic E-state index is -1.22. The highest BCUT2D eigenvalue weighted by Gasteiger charge is 2.24. The highest BCUT2D eigenvalue weighted by Crippen LogP contribution is 2.35. The number of allylic oxidation sites excluding steroid dienone is 1. The predicted octanol–water partition coefficient (Wildman–Crippen LogP) is 4.91. The molecule has 3 aromatic heterocycles. The molecule has 0 fully saturated rings. The number of carboxylic acid groups (broad SMARTS) is 1. The van der Waals surface area contributed by atoms with Crippen LogP contribution in [0.15, 0.2) is 36.7 Å². The number of rotatable bonds is 5. The van der Waals surface area contributed by atoms with Gasteiger partial charge in [-0.25, -0.2) is 24.1 Å². The quantitative estimate of drug-likeness (QED) is 0.392.